The Morgan fingerprint density at radius 2 is 2.09 bits per heavy atom. The second-order valence-electron chi connectivity index (χ2n) is 6.70. The maximum atomic E-state index is 13.0. The van der Waals surface area contributed by atoms with Crippen LogP contribution in [0.25, 0.3) is 0 Å². The minimum atomic E-state index is -1.27. The largest absolute Gasteiger partial charge is 0.494 e. The molecule has 0 aliphatic carbocycles. The van der Waals surface area contributed by atoms with Gasteiger partial charge in [-0.2, -0.15) is 5.26 Å². The zero-order valence-corrected chi connectivity index (χ0v) is 19.6. The number of amides is 2. The summed E-state index contributed by atoms with van der Waals surface area (Å²) in [5.41, 5.74) is 0.681. The van der Waals surface area contributed by atoms with Gasteiger partial charge in [-0.15, -0.1) is 11.3 Å². The average Bonchev–Trinajstić information content (AvgIpc) is 3.31. The lowest BCUT2D eigenvalue weighted by Crippen LogP contribution is -2.44. The first-order chi connectivity index (χ1) is 16.0. The highest BCUT2D eigenvalue weighted by Gasteiger charge is 2.45. The molecule has 2 N–H and O–H groups in total. The van der Waals surface area contributed by atoms with Crippen molar-refractivity contribution in [2.45, 2.75) is 19.8 Å². The lowest BCUT2D eigenvalue weighted by atomic mass is 9.78. The average molecular weight is 487 g/mol. The van der Waals surface area contributed by atoms with Crippen molar-refractivity contribution in [1.82, 2.24) is 10.3 Å². The Kier molecular flexibility index (Phi) is 8.46. The molecule has 2 heterocycles. The van der Waals surface area contributed by atoms with Gasteiger partial charge in [-0.1, -0.05) is 30.0 Å². The van der Waals surface area contributed by atoms with Crippen LogP contribution in [0.2, 0.25) is 0 Å². The van der Waals surface area contributed by atoms with E-state index in [0.29, 0.717) is 23.1 Å². The Balaban J connectivity index is 1.98. The van der Waals surface area contributed by atoms with E-state index in [1.54, 1.807) is 42.8 Å². The first kappa shape index (κ1) is 24.3. The summed E-state index contributed by atoms with van der Waals surface area (Å²) in [6.07, 6.45) is 1.57. The second kappa shape index (κ2) is 11.5. The summed E-state index contributed by atoms with van der Waals surface area (Å²) >= 11 is 2.28. The van der Waals surface area contributed by atoms with Gasteiger partial charge in [-0.3, -0.25) is 14.4 Å². The highest BCUT2D eigenvalue weighted by Crippen LogP contribution is 2.43. The molecular weight excluding hydrogens is 464 g/mol. The van der Waals surface area contributed by atoms with E-state index in [9.17, 15) is 19.6 Å². The number of allylic oxidation sites excluding steroid dienone is 1. The van der Waals surface area contributed by atoms with Crippen molar-refractivity contribution >= 4 is 46.0 Å². The highest BCUT2D eigenvalue weighted by molar-refractivity contribution is 8.03. The van der Waals surface area contributed by atoms with Crippen LogP contribution in [-0.2, 0) is 19.1 Å². The lowest BCUT2D eigenvalue weighted by molar-refractivity contribution is -0.152. The Hall–Kier alpha value is -3.36. The number of nitriles is 1. The normalized spacial score (nSPS) is 17.7. The van der Waals surface area contributed by atoms with Crippen LogP contribution in [0.5, 0.6) is 5.75 Å². The smallest absolute Gasteiger partial charge is 0.319 e. The van der Waals surface area contributed by atoms with Gasteiger partial charge in [0.25, 0.3) is 0 Å². The number of carbonyl (C=O) groups is 3. The lowest BCUT2D eigenvalue weighted by Gasteiger charge is -2.31. The van der Waals surface area contributed by atoms with Crippen molar-refractivity contribution in [3.8, 4) is 11.8 Å². The first-order valence-corrected chi connectivity index (χ1v) is 12.0. The number of carbonyl (C=O) groups excluding carboxylic acids is 3. The zero-order valence-electron chi connectivity index (χ0n) is 18.0. The summed E-state index contributed by atoms with van der Waals surface area (Å²) in [6, 6.07) is 9.08. The quantitative estimate of drug-likeness (QED) is 0.409. The van der Waals surface area contributed by atoms with Crippen LogP contribution in [0.3, 0.4) is 0 Å². The molecule has 2 amide bonds. The zero-order chi connectivity index (χ0) is 23.8. The number of para-hydroxylation sites is 1. The van der Waals surface area contributed by atoms with Crippen LogP contribution < -0.4 is 15.4 Å². The number of nitrogens with one attached hydrogen (secondary N) is 2. The number of esters is 1. The van der Waals surface area contributed by atoms with E-state index >= 15 is 0 Å². The monoisotopic (exact) mass is 486 g/mol. The minimum absolute atomic E-state index is 0.0652. The molecule has 1 aromatic carbocycles. The van der Waals surface area contributed by atoms with Crippen molar-refractivity contribution in [2.75, 3.05) is 24.3 Å². The number of thiazole rings is 1. The van der Waals surface area contributed by atoms with E-state index in [1.807, 2.05) is 6.92 Å². The molecule has 0 fully saturated rings. The van der Waals surface area contributed by atoms with E-state index in [-0.39, 0.29) is 28.9 Å². The number of hydrogen-bond donors (Lipinski definition) is 2. The number of hydrogen-bond acceptors (Lipinski definition) is 9. The second-order valence-corrected chi connectivity index (χ2v) is 8.58. The number of rotatable bonds is 9. The van der Waals surface area contributed by atoms with Gasteiger partial charge in [-0.25, -0.2) is 4.98 Å². The van der Waals surface area contributed by atoms with Gasteiger partial charge in [0.05, 0.1) is 35.6 Å². The summed E-state index contributed by atoms with van der Waals surface area (Å²) < 4.78 is 10.8. The Morgan fingerprint density at radius 3 is 2.76 bits per heavy atom. The first-order valence-electron chi connectivity index (χ1n) is 10.2. The van der Waals surface area contributed by atoms with Gasteiger partial charge in [-0.05, 0) is 19.9 Å². The molecule has 0 unspecified atom stereocenters. The maximum Gasteiger partial charge on any atom is 0.319 e. The molecule has 33 heavy (non-hydrogen) atoms. The summed E-state index contributed by atoms with van der Waals surface area (Å²) in [5, 5.41) is 17.7. The third kappa shape index (κ3) is 5.71. The summed E-state index contributed by atoms with van der Waals surface area (Å²) in [7, 11) is 0. The minimum Gasteiger partial charge on any atom is -0.494 e. The van der Waals surface area contributed by atoms with Crippen LogP contribution in [0, 0.1) is 17.2 Å². The summed E-state index contributed by atoms with van der Waals surface area (Å²) in [6.45, 7) is 3.92. The molecule has 9 nitrogen and oxygen atoms in total. The van der Waals surface area contributed by atoms with Crippen molar-refractivity contribution in [2.24, 2.45) is 5.92 Å². The van der Waals surface area contributed by atoms with E-state index in [4.69, 9.17) is 9.47 Å². The fraction of sp³-hybridized carbons (Fsp3) is 0.318. The SMILES string of the molecule is CCOC(=O)[C@H]1C(=O)NC(SCC(=O)Nc2nccs2)=C(C#N)[C@@H]1c1ccccc1OCC. The number of ether oxygens (including phenoxy) is 2. The Bertz CT molecular complexity index is 1090. The Morgan fingerprint density at radius 1 is 1.30 bits per heavy atom. The topological polar surface area (TPSA) is 130 Å². The fourth-order valence-electron chi connectivity index (χ4n) is 3.36. The number of benzene rings is 1. The number of nitrogens with zero attached hydrogens (tertiary/aromatic N) is 2. The molecule has 0 saturated carbocycles. The van der Waals surface area contributed by atoms with Crippen LogP contribution in [0.4, 0.5) is 5.13 Å². The standard InChI is InChI=1S/C22H22N4O5S2/c1-3-30-15-8-6-5-7-13(15)17-14(11-23)20(26-19(28)18(17)21(29)31-4-2)33-12-16(27)25-22-24-9-10-32-22/h5-10,17-18H,3-4,12H2,1-2H3,(H,26,28)(H,24,25,27)/t17-,18+/m0/s1. The van der Waals surface area contributed by atoms with Crippen LogP contribution in [-0.4, -0.2) is 41.7 Å². The molecule has 0 bridgehead atoms. The molecule has 1 aliphatic heterocycles. The van der Waals surface area contributed by atoms with Crippen molar-refractivity contribution in [1.29, 1.82) is 5.26 Å². The van der Waals surface area contributed by atoms with Gasteiger partial charge in [0, 0.05) is 23.1 Å². The molecular formula is C22H22N4O5S2. The third-order valence-corrected chi connectivity index (χ3v) is 6.36. The molecule has 1 aromatic heterocycles. The summed E-state index contributed by atoms with van der Waals surface area (Å²) in [5.74, 6) is -3.47. The predicted octanol–water partition coefficient (Wildman–Crippen LogP) is 3.04. The molecule has 2 atom stereocenters. The van der Waals surface area contributed by atoms with Crippen molar-refractivity contribution in [3.63, 3.8) is 0 Å². The number of aromatic nitrogens is 1. The van der Waals surface area contributed by atoms with Crippen molar-refractivity contribution in [3.05, 3.63) is 52.0 Å². The molecule has 0 saturated heterocycles. The van der Waals surface area contributed by atoms with Gasteiger partial charge >= 0.3 is 5.97 Å². The van der Waals surface area contributed by atoms with Crippen LogP contribution >= 0.6 is 23.1 Å². The predicted molar refractivity (Wildman–Crippen MR) is 124 cm³/mol. The molecule has 11 heteroatoms. The molecule has 2 aromatic rings. The van der Waals surface area contributed by atoms with Crippen LogP contribution in [0.15, 0.2) is 46.4 Å². The number of anilines is 1. The van der Waals surface area contributed by atoms with Gasteiger partial charge in [0.2, 0.25) is 11.8 Å². The molecule has 1 aliphatic rings. The molecule has 3 rings (SSSR count). The van der Waals surface area contributed by atoms with Gasteiger partial charge in [0.15, 0.2) is 5.13 Å². The summed E-state index contributed by atoms with van der Waals surface area (Å²) in [4.78, 5) is 42.1. The molecule has 0 radical (unpaired) electrons. The van der Waals surface area contributed by atoms with E-state index in [0.717, 1.165) is 11.8 Å². The van der Waals surface area contributed by atoms with E-state index in [1.165, 1.54) is 11.3 Å². The van der Waals surface area contributed by atoms with Crippen molar-refractivity contribution < 1.29 is 23.9 Å². The highest BCUT2D eigenvalue weighted by atomic mass is 32.2. The molecule has 0 spiro atoms. The third-order valence-electron chi connectivity index (χ3n) is 4.65. The van der Waals surface area contributed by atoms with Crippen LogP contribution in [0.1, 0.15) is 25.3 Å². The van der Waals surface area contributed by atoms with Gasteiger partial charge in [0.1, 0.15) is 11.7 Å². The van der Waals surface area contributed by atoms with E-state index < -0.39 is 23.7 Å². The Labute approximate surface area is 199 Å². The number of thioether (sulfide) groups is 1. The fourth-order valence-corrected chi connectivity index (χ4v) is 4.76. The molecule has 172 valence electrons. The van der Waals surface area contributed by atoms with E-state index in [2.05, 4.69) is 21.7 Å². The maximum absolute atomic E-state index is 13.0. The van der Waals surface area contributed by atoms with Gasteiger partial charge < -0.3 is 20.1 Å².